The summed E-state index contributed by atoms with van der Waals surface area (Å²) < 4.78 is 22.9. The summed E-state index contributed by atoms with van der Waals surface area (Å²) >= 11 is 0. The zero-order chi connectivity index (χ0) is 14.6. The second-order valence-corrected chi connectivity index (χ2v) is 7.23. The molecule has 0 aliphatic carbocycles. The van der Waals surface area contributed by atoms with Crippen LogP contribution in [0.15, 0.2) is 0 Å². The average Bonchev–Trinajstić information content (AvgIpc) is 2.34. The van der Waals surface area contributed by atoms with Crippen LogP contribution in [0, 0.1) is 0 Å². The highest BCUT2D eigenvalue weighted by Gasteiger charge is 2.39. The van der Waals surface area contributed by atoms with E-state index >= 15 is 0 Å². The highest BCUT2D eigenvalue weighted by atomic mass is 28.4. The van der Waals surface area contributed by atoms with E-state index in [-0.39, 0.29) is 0 Å². The lowest BCUT2D eigenvalue weighted by Gasteiger charge is -2.28. The van der Waals surface area contributed by atoms with Crippen LogP contribution >= 0.6 is 0 Å². The van der Waals surface area contributed by atoms with Crippen molar-refractivity contribution < 1.29 is 18.0 Å². The lowest BCUT2D eigenvalue weighted by molar-refractivity contribution is 0.0570. The highest BCUT2D eigenvalue weighted by molar-refractivity contribution is 6.60. The minimum atomic E-state index is -2.51. The van der Waals surface area contributed by atoms with Crippen LogP contribution in [0.5, 0.6) is 0 Å². The number of ether oxygens (including phenoxy) is 1. The summed E-state index contributed by atoms with van der Waals surface area (Å²) in [6.45, 7) is 10.2. The number of hydrogen-bond donors (Lipinski definition) is 0. The van der Waals surface area contributed by atoms with Gasteiger partial charge in [-0.05, 0) is 47.8 Å². The molecule has 0 rings (SSSR count). The van der Waals surface area contributed by atoms with Crippen molar-refractivity contribution in [2.45, 2.75) is 33.2 Å². The summed E-state index contributed by atoms with van der Waals surface area (Å²) in [5.74, 6) is 0. The number of rotatable bonds is 13. The summed E-state index contributed by atoms with van der Waals surface area (Å²) in [7, 11) is 1.62. The first kappa shape index (κ1) is 19.0. The Morgan fingerprint density at radius 2 is 1.37 bits per heavy atom. The van der Waals surface area contributed by atoms with Crippen molar-refractivity contribution in [1.29, 1.82) is 0 Å². The van der Waals surface area contributed by atoms with Gasteiger partial charge in [-0.2, -0.15) is 0 Å². The van der Waals surface area contributed by atoms with E-state index in [1.54, 1.807) is 0 Å². The normalized spacial score (nSPS) is 12.3. The molecule has 0 heterocycles. The Hall–Kier alpha value is 0.0169. The molecule has 0 aromatic carbocycles. The van der Waals surface area contributed by atoms with Crippen molar-refractivity contribution >= 4 is 8.80 Å². The van der Waals surface area contributed by atoms with Crippen LogP contribution < -0.4 is 0 Å². The first-order valence-electron chi connectivity index (χ1n) is 7.24. The molecule has 5 nitrogen and oxygen atoms in total. The Labute approximate surface area is 119 Å². The summed E-state index contributed by atoms with van der Waals surface area (Å²) in [5.41, 5.74) is 0. The molecule has 0 saturated heterocycles. The summed E-state index contributed by atoms with van der Waals surface area (Å²) in [6.07, 6.45) is 1.04. The van der Waals surface area contributed by atoms with Gasteiger partial charge in [0.15, 0.2) is 0 Å². The Kier molecular flexibility index (Phi) is 11.8. The van der Waals surface area contributed by atoms with Crippen LogP contribution in [-0.4, -0.2) is 67.4 Å². The van der Waals surface area contributed by atoms with Crippen molar-refractivity contribution in [3.05, 3.63) is 0 Å². The molecule has 0 spiro atoms. The van der Waals surface area contributed by atoms with Crippen LogP contribution in [0.3, 0.4) is 0 Å². The molecule has 0 radical (unpaired) electrons. The van der Waals surface area contributed by atoms with Gasteiger partial charge < -0.3 is 22.9 Å². The minimum absolute atomic E-state index is 0.618. The number of hydrogen-bond acceptors (Lipinski definition) is 5. The summed E-state index contributed by atoms with van der Waals surface area (Å²) in [4.78, 5) is 2.16. The molecule has 0 aliphatic heterocycles. The molecule has 19 heavy (non-hydrogen) atoms. The fourth-order valence-corrected chi connectivity index (χ4v) is 4.18. The molecule has 0 amide bonds. The third kappa shape index (κ3) is 9.54. The van der Waals surface area contributed by atoms with Crippen LogP contribution in [0.1, 0.15) is 27.2 Å². The van der Waals surface area contributed by atoms with Crippen molar-refractivity contribution in [2.75, 3.05) is 53.7 Å². The van der Waals surface area contributed by atoms with Gasteiger partial charge in [-0.15, -0.1) is 0 Å². The third-order valence-corrected chi connectivity index (χ3v) is 5.54. The Bertz CT molecular complexity index is 188. The van der Waals surface area contributed by atoms with E-state index in [0.29, 0.717) is 26.4 Å². The molecule has 0 saturated carbocycles. The molecular weight excluding hydrogens is 262 g/mol. The van der Waals surface area contributed by atoms with Crippen LogP contribution in [0.25, 0.3) is 0 Å². The SMILES string of the molecule is CCO[Si](CCOCCCN(C)C)(OCC)OCC. The summed E-state index contributed by atoms with van der Waals surface area (Å²) in [6, 6.07) is 0.727. The topological polar surface area (TPSA) is 40.2 Å². The smallest absolute Gasteiger partial charge is 0.381 e. The van der Waals surface area contributed by atoms with Gasteiger partial charge in [0.25, 0.3) is 0 Å². The zero-order valence-corrected chi connectivity index (χ0v) is 14.2. The van der Waals surface area contributed by atoms with Crippen LogP contribution in [-0.2, 0) is 18.0 Å². The van der Waals surface area contributed by atoms with Crippen molar-refractivity contribution in [3.63, 3.8) is 0 Å². The van der Waals surface area contributed by atoms with E-state index in [9.17, 15) is 0 Å². The lowest BCUT2D eigenvalue weighted by atomic mass is 10.4. The lowest BCUT2D eigenvalue weighted by Crippen LogP contribution is -2.46. The number of nitrogens with zero attached hydrogens (tertiary/aromatic N) is 1. The van der Waals surface area contributed by atoms with E-state index < -0.39 is 8.80 Å². The average molecular weight is 293 g/mol. The second kappa shape index (κ2) is 11.8. The van der Waals surface area contributed by atoms with Gasteiger partial charge in [-0.1, -0.05) is 0 Å². The van der Waals surface area contributed by atoms with Gasteiger partial charge in [0.2, 0.25) is 0 Å². The Balaban J connectivity index is 3.96. The fourth-order valence-electron chi connectivity index (χ4n) is 1.78. The zero-order valence-electron chi connectivity index (χ0n) is 13.2. The summed E-state index contributed by atoms with van der Waals surface area (Å²) in [5, 5.41) is 0. The van der Waals surface area contributed by atoms with E-state index in [2.05, 4.69) is 19.0 Å². The Morgan fingerprint density at radius 3 is 1.79 bits per heavy atom. The Morgan fingerprint density at radius 1 is 0.842 bits per heavy atom. The molecular formula is C13H31NO4Si. The van der Waals surface area contributed by atoms with Gasteiger partial charge in [-0.3, -0.25) is 0 Å². The molecule has 0 unspecified atom stereocenters. The molecule has 0 fully saturated rings. The largest absolute Gasteiger partial charge is 0.503 e. The molecule has 116 valence electrons. The highest BCUT2D eigenvalue weighted by Crippen LogP contribution is 2.16. The molecule has 0 aliphatic rings. The standard InChI is InChI=1S/C13H31NO4Si/c1-6-16-19(17-7-2,18-8-3)13-12-15-11-9-10-14(4)5/h6-13H2,1-5H3. The first-order chi connectivity index (χ1) is 9.10. The van der Waals surface area contributed by atoms with Gasteiger partial charge >= 0.3 is 8.80 Å². The molecule has 0 bridgehead atoms. The fraction of sp³-hybridized carbons (Fsp3) is 1.00. The molecule has 0 atom stereocenters. The molecule has 0 aromatic rings. The van der Waals surface area contributed by atoms with Gasteiger partial charge in [-0.25, -0.2) is 0 Å². The first-order valence-corrected chi connectivity index (χ1v) is 9.17. The third-order valence-electron chi connectivity index (χ3n) is 2.54. The molecule has 0 N–H and O–H groups in total. The van der Waals surface area contributed by atoms with E-state index in [1.807, 2.05) is 20.8 Å². The van der Waals surface area contributed by atoms with Crippen molar-refractivity contribution in [1.82, 2.24) is 4.90 Å². The van der Waals surface area contributed by atoms with Crippen LogP contribution in [0.2, 0.25) is 6.04 Å². The van der Waals surface area contributed by atoms with Gasteiger partial charge in [0, 0.05) is 32.5 Å². The minimum Gasteiger partial charge on any atom is -0.381 e. The maximum Gasteiger partial charge on any atom is 0.503 e. The van der Waals surface area contributed by atoms with Crippen molar-refractivity contribution in [3.8, 4) is 0 Å². The van der Waals surface area contributed by atoms with Gasteiger partial charge in [0.05, 0.1) is 6.61 Å². The predicted molar refractivity (Wildman–Crippen MR) is 79.4 cm³/mol. The quantitative estimate of drug-likeness (QED) is 0.384. The predicted octanol–water partition coefficient (Wildman–Crippen LogP) is 2.00. The maximum absolute atomic E-state index is 5.76. The van der Waals surface area contributed by atoms with E-state index in [1.165, 1.54) is 0 Å². The van der Waals surface area contributed by atoms with E-state index in [0.717, 1.165) is 25.6 Å². The second-order valence-electron chi connectivity index (χ2n) is 4.50. The monoisotopic (exact) mass is 293 g/mol. The van der Waals surface area contributed by atoms with Crippen LogP contribution in [0.4, 0.5) is 0 Å². The molecule has 0 aromatic heterocycles. The van der Waals surface area contributed by atoms with Crippen molar-refractivity contribution in [2.24, 2.45) is 0 Å². The molecule has 6 heteroatoms. The van der Waals surface area contributed by atoms with E-state index in [4.69, 9.17) is 18.0 Å². The van der Waals surface area contributed by atoms with Gasteiger partial charge in [0.1, 0.15) is 0 Å². The maximum atomic E-state index is 5.76.